The minimum atomic E-state index is -0.483. The van der Waals surface area contributed by atoms with Crippen LogP contribution in [0, 0.1) is 0 Å². The maximum Gasteiger partial charge on any atom is 0.331 e. The molecular weight excluding hydrogens is 354 g/mol. The molecule has 2 heterocycles. The zero-order chi connectivity index (χ0) is 18.4. The van der Waals surface area contributed by atoms with Crippen LogP contribution in [0.1, 0.15) is 11.3 Å². The molecule has 6 nitrogen and oxygen atoms in total. The number of ether oxygens (including phenoxy) is 3. The highest BCUT2D eigenvalue weighted by Gasteiger charge is 2.09. The van der Waals surface area contributed by atoms with Gasteiger partial charge in [-0.2, -0.15) is 0 Å². The second kappa shape index (κ2) is 8.35. The van der Waals surface area contributed by atoms with Crippen molar-refractivity contribution in [3.05, 3.63) is 59.3 Å². The average Bonchev–Trinajstić information content (AvgIpc) is 3.35. The predicted octanol–water partition coefficient (Wildman–Crippen LogP) is 4.18. The van der Waals surface area contributed by atoms with Crippen LogP contribution < -0.4 is 9.47 Å². The Bertz CT molecular complexity index is 899. The third-order valence-electron chi connectivity index (χ3n) is 3.49. The Morgan fingerprint density at radius 1 is 1.27 bits per heavy atom. The summed E-state index contributed by atoms with van der Waals surface area (Å²) in [6.07, 6.45) is 4.45. The molecule has 134 valence electrons. The molecule has 0 unspecified atom stereocenters. The fraction of sp³-hybridized carbons (Fsp3) is 0.158. The summed E-state index contributed by atoms with van der Waals surface area (Å²) in [5.74, 6) is 1.31. The van der Waals surface area contributed by atoms with E-state index in [9.17, 15) is 4.79 Å². The molecule has 3 rings (SSSR count). The van der Waals surface area contributed by atoms with Gasteiger partial charge < -0.3 is 18.6 Å². The van der Waals surface area contributed by atoms with Crippen molar-refractivity contribution < 1.29 is 23.4 Å². The number of esters is 1. The molecule has 0 atom stereocenters. The number of nitrogens with zero attached hydrogens (tertiary/aromatic N) is 1. The Morgan fingerprint density at radius 3 is 2.88 bits per heavy atom. The van der Waals surface area contributed by atoms with Crippen LogP contribution in [0.25, 0.3) is 16.8 Å². The lowest BCUT2D eigenvalue weighted by molar-refractivity contribution is -0.139. The molecule has 7 heteroatoms. The van der Waals surface area contributed by atoms with E-state index in [1.54, 1.807) is 38.5 Å². The van der Waals surface area contributed by atoms with E-state index >= 15 is 0 Å². The van der Waals surface area contributed by atoms with Gasteiger partial charge in [0.2, 0.25) is 5.89 Å². The third kappa shape index (κ3) is 4.31. The molecule has 0 amide bonds. The summed E-state index contributed by atoms with van der Waals surface area (Å²) in [6, 6.07) is 9.16. The van der Waals surface area contributed by atoms with Gasteiger partial charge in [0, 0.05) is 17.7 Å². The number of hydrogen-bond acceptors (Lipinski definition) is 7. The van der Waals surface area contributed by atoms with Crippen LogP contribution in [0.4, 0.5) is 0 Å². The number of rotatable bonds is 7. The zero-order valence-electron chi connectivity index (χ0n) is 14.3. The van der Waals surface area contributed by atoms with Crippen molar-refractivity contribution in [2.45, 2.75) is 6.61 Å². The SMILES string of the molecule is COc1ccc(/C=C/C(=O)OCc2coc(-c3cccs3)n2)c(OC)c1. The molecule has 0 bridgehead atoms. The molecule has 0 aliphatic heterocycles. The molecular formula is C19H17NO5S. The number of carbonyl (C=O) groups excluding carboxylic acids is 1. The summed E-state index contributed by atoms with van der Waals surface area (Å²) >= 11 is 1.53. The van der Waals surface area contributed by atoms with E-state index in [4.69, 9.17) is 18.6 Å². The minimum absolute atomic E-state index is 0.0395. The van der Waals surface area contributed by atoms with Crippen LogP contribution >= 0.6 is 11.3 Å². The van der Waals surface area contributed by atoms with Gasteiger partial charge >= 0.3 is 5.97 Å². The first kappa shape index (κ1) is 17.8. The van der Waals surface area contributed by atoms with Gasteiger partial charge in [-0.15, -0.1) is 11.3 Å². The monoisotopic (exact) mass is 371 g/mol. The van der Waals surface area contributed by atoms with Crippen molar-refractivity contribution in [2.24, 2.45) is 0 Å². The molecule has 0 spiro atoms. The van der Waals surface area contributed by atoms with Crippen LogP contribution in [-0.4, -0.2) is 25.2 Å². The Labute approximate surface area is 154 Å². The smallest absolute Gasteiger partial charge is 0.331 e. The quantitative estimate of drug-likeness (QED) is 0.458. The van der Waals surface area contributed by atoms with E-state index in [2.05, 4.69) is 4.98 Å². The van der Waals surface area contributed by atoms with Crippen molar-refractivity contribution in [1.29, 1.82) is 0 Å². The van der Waals surface area contributed by atoms with Crippen molar-refractivity contribution in [3.63, 3.8) is 0 Å². The number of benzene rings is 1. The van der Waals surface area contributed by atoms with Gasteiger partial charge in [0.1, 0.15) is 30.1 Å². The number of thiophene rings is 1. The Hall–Kier alpha value is -3.06. The standard InChI is InChI=1S/C19H17NO5S/c1-22-15-7-5-13(16(10-15)23-2)6-8-18(21)24-11-14-12-25-19(20-14)17-4-3-9-26-17/h3-10,12H,11H2,1-2H3/b8-6+. The second-order valence-corrected chi connectivity index (χ2v) is 6.12. The first-order valence-corrected chi connectivity index (χ1v) is 8.62. The first-order valence-electron chi connectivity index (χ1n) is 7.74. The fourth-order valence-electron chi connectivity index (χ4n) is 2.19. The summed E-state index contributed by atoms with van der Waals surface area (Å²) < 4.78 is 21.0. The number of oxazole rings is 1. The van der Waals surface area contributed by atoms with Gasteiger partial charge in [-0.3, -0.25) is 0 Å². The van der Waals surface area contributed by atoms with Crippen LogP contribution in [0.15, 0.2) is 52.5 Å². The average molecular weight is 371 g/mol. The lowest BCUT2D eigenvalue weighted by Gasteiger charge is -2.07. The van der Waals surface area contributed by atoms with Crippen LogP contribution in [-0.2, 0) is 16.1 Å². The highest BCUT2D eigenvalue weighted by molar-refractivity contribution is 7.13. The Morgan fingerprint density at radius 2 is 2.15 bits per heavy atom. The number of methoxy groups -OCH3 is 2. The third-order valence-corrected chi connectivity index (χ3v) is 4.34. The first-order chi connectivity index (χ1) is 12.7. The lowest BCUT2D eigenvalue weighted by atomic mass is 10.2. The summed E-state index contributed by atoms with van der Waals surface area (Å²) in [5.41, 5.74) is 1.30. The largest absolute Gasteiger partial charge is 0.497 e. The Balaban J connectivity index is 1.58. The number of carbonyl (C=O) groups is 1. The van der Waals surface area contributed by atoms with Gasteiger partial charge in [-0.05, 0) is 29.7 Å². The van der Waals surface area contributed by atoms with Gasteiger partial charge in [-0.25, -0.2) is 9.78 Å². The summed E-state index contributed by atoms with van der Waals surface area (Å²) in [6.45, 7) is 0.0395. The highest BCUT2D eigenvalue weighted by atomic mass is 32.1. The molecule has 0 saturated carbocycles. The molecule has 0 fully saturated rings. The van der Waals surface area contributed by atoms with Gasteiger partial charge in [0.25, 0.3) is 0 Å². The molecule has 0 N–H and O–H groups in total. The maximum absolute atomic E-state index is 11.9. The van der Waals surface area contributed by atoms with Crippen molar-refractivity contribution in [1.82, 2.24) is 4.98 Å². The topological polar surface area (TPSA) is 70.8 Å². The molecule has 0 aliphatic rings. The molecule has 26 heavy (non-hydrogen) atoms. The summed E-state index contributed by atoms with van der Waals surface area (Å²) in [5, 5.41) is 1.94. The molecule has 0 aliphatic carbocycles. The van der Waals surface area contributed by atoms with Crippen LogP contribution in [0.3, 0.4) is 0 Å². The lowest BCUT2D eigenvalue weighted by Crippen LogP contribution is -2.01. The second-order valence-electron chi connectivity index (χ2n) is 5.17. The van der Waals surface area contributed by atoms with E-state index in [0.717, 1.165) is 10.4 Å². The minimum Gasteiger partial charge on any atom is -0.497 e. The van der Waals surface area contributed by atoms with E-state index < -0.39 is 5.97 Å². The molecule has 2 aromatic heterocycles. The summed E-state index contributed by atoms with van der Waals surface area (Å²) in [7, 11) is 3.13. The number of hydrogen-bond donors (Lipinski definition) is 0. The maximum atomic E-state index is 11.9. The molecule has 3 aromatic rings. The molecule has 0 saturated heterocycles. The van der Waals surface area contributed by atoms with Crippen molar-refractivity contribution in [3.8, 4) is 22.3 Å². The normalized spacial score (nSPS) is 10.8. The van der Waals surface area contributed by atoms with Crippen molar-refractivity contribution >= 4 is 23.4 Å². The van der Waals surface area contributed by atoms with E-state index in [0.29, 0.717) is 23.1 Å². The van der Waals surface area contributed by atoms with Crippen LogP contribution in [0.5, 0.6) is 11.5 Å². The molecule has 0 radical (unpaired) electrons. The number of aromatic nitrogens is 1. The predicted molar refractivity (Wildman–Crippen MR) is 98.2 cm³/mol. The zero-order valence-corrected chi connectivity index (χ0v) is 15.1. The molecule has 1 aromatic carbocycles. The summed E-state index contributed by atoms with van der Waals surface area (Å²) in [4.78, 5) is 17.1. The Kier molecular flexibility index (Phi) is 5.70. The van der Waals surface area contributed by atoms with Gasteiger partial charge in [-0.1, -0.05) is 6.07 Å². The fourth-order valence-corrected chi connectivity index (χ4v) is 2.85. The van der Waals surface area contributed by atoms with Gasteiger partial charge in [0.15, 0.2) is 0 Å². The van der Waals surface area contributed by atoms with Gasteiger partial charge in [0.05, 0.1) is 19.1 Å². The van der Waals surface area contributed by atoms with Crippen molar-refractivity contribution in [2.75, 3.05) is 14.2 Å². The van der Waals surface area contributed by atoms with E-state index in [1.807, 2.05) is 17.5 Å². The van der Waals surface area contributed by atoms with E-state index in [-0.39, 0.29) is 6.61 Å². The highest BCUT2D eigenvalue weighted by Crippen LogP contribution is 2.26. The van der Waals surface area contributed by atoms with E-state index in [1.165, 1.54) is 23.7 Å². The van der Waals surface area contributed by atoms with Crippen LogP contribution in [0.2, 0.25) is 0 Å².